The van der Waals surface area contributed by atoms with Gasteiger partial charge >= 0.3 is 0 Å². The third-order valence-corrected chi connectivity index (χ3v) is 1.46. The summed E-state index contributed by atoms with van der Waals surface area (Å²) < 4.78 is 5.28. The average Bonchev–Trinajstić information content (AvgIpc) is 1.95. The summed E-state index contributed by atoms with van der Waals surface area (Å²) in [4.78, 5) is 0. The molecule has 0 aromatic heterocycles. The van der Waals surface area contributed by atoms with Crippen LogP contribution in [0.4, 0.5) is 0 Å². The molecule has 0 amide bonds. The van der Waals surface area contributed by atoms with E-state index in [-0.39, 0.29) is 0 Å². The van der Waals surface area contributed by atoms with Crippen LogP contribution in [0.15, 0.2) is 0 Å². The van der Waals surface area contributed by atoms with Crippen LogP contribution in [-0.2, 0) is 4.74 Å². The van der Waals surface area contributed by atoms with Crippen molar-refractivity contribution in [3.05, 3.63) is 0 Å². The van der Waals surface area contributed by atoms with E-state index in [2.05, 4.69) is 25.7 Å². The summed E-state index contributed by atoms with van der Waals surface area (Å²) in [6.45, 7) is 9.06. The van der Waals surface area contributed by atoms with Crippen LogP contribution in [0.25, 0.3) is 0 Å². The Bertz CT molecular complexity index is 132. The van der Waals surface area contributed by atoms with Crippen LogP contribution >= 0.6 is 0 Å². The lowest BCUT2D eigenvalue weighted by molar-refractivity contribution is 0.107. The van der Waals surface area contributed by atoms with E-state index < -0.39 is 0 Å². The highest BCUT2D eigenvalue weighted by Crippen LogP contribution is 2.01. The smallest absolute Gasteiger partial charge is 0.108 e. The molecule has 0 aliphatic rings. The fourth-order valence-corrected chi connectivity index (χ4v) is 0.709. The van der Waals surface area contributed by atoms with Gasteiger partial charge in [0.2, 0.25) is 0 Å². The van der Waals surface area contributed by atoms with Gasteiger partial charge in [0.1, 0.15) is 6.61 Å². The van der Waals surface area contributed by atoms with Crippen LogP contribution in [-0.4, -0.2) is 12.7 Å². The fourth-order valence-electron chi connectivity index (χ4n) is 0.709. The van der Waals surface area contributed by atoms with E-state index >= 15 is 0 Å². The van der Waals surface area contributed by atoms with E-state index in [0.717, 1.165) is 12.3 Å². The van der Waals surface area contributed by atoms with Gasteiger partial charge in [-0.05, 0) is 26.2 Å². The van der Waals surface area contributed by atoms with Gasteiger partial charge in [0, 0.05) is 6.42 Å². The quantitative estimate of drug-likeness (QED) is 0.586. The van der Waals surface area contributed by atoms with Crippen molar-refractivity contribution < 1.29 is 4.74 Å². The minimum absolute atomic E-state index is 0.296. The number of hydrogen-bond acceptors (Lipinski definition) is 1. The Kier molecular flexibility index (Phi) is 6.90. The van der Waals surface area contributed by atoms with Gasteiger partial charge in [0.15, 0.2) is 0 Å². The normalized spacial score (nSPS) is 10.2. The molecule has 12 heavy (non-hydrogen) atoms. The van der Waals surface area contributed by atoms with Crippen molar-refractivity contribution in [3.8, 4) is 11.8 Å². The van der Waals surface area contributed by atoms with Gasteiger partial charge in [-0.1, -0.05) is 19.8 Å². The Hall–Kier alpha value is -0.480. The molecule has 0 heterocycles. The van der Waals surface area contributed by atoms with Crippen molar-refractivity contribution in [2.45, 2.75) is 46.6 Å². The maximum atomic E-state index is 5.28. The molecule has 0 radical (unpaired) electrons. The van der Waals surface area contributed by atoms with Gasteiger partial charge in [-0.3, -0.25) is 0 Å². The molecule has 0 bridgehead atoms. The molecule has 0 aromatic rings. The standard InChI is InChI=1S/C11H20O/c1-10(2)8-6-5-7-9-12-11(3)4/h10-11H,6,8-9H2,1-4H3. The summed E-state index contributed by atoms with van der Waals surface area (Å²) in [5, 5.41) is 0. The molecule has 0 saturated carbocycles. The zero-order valence-electron chi connectivity index (χ0n) is 8.68. The lowest BCUT2D eigenvalue weighted by atomic mass is 10.1. The van der Waals surface area contributed by atoms with Crippen molar-refractivity contribution in [3.63, 3.8) is 0 Å². The van der Waals surface area contributed by atoms with Crippen molar-refractivity contribution >= 4 is 0 Å². The highest BCUT2D eigenvalue weighted by molar-refractivity contribution is 4.99. The third kappa shape index (κ3) is 9.52. The lowest BCUT2D eigenvalue weighted by Gasteiger charge is -2.01. The number of ether oxygens (including phenoxy) is 1. The summed E-state index contributed by atoms with van der Waals surface area (Å²) >= 11 is 0. The summed E-state index contributed by atoms with van der Waals surface area (Å²) in [6, 6.07) is 0. The predicted octanol–water partition coefficient (Wildman–Crippen LogP) is 2.85. The zero-order valence-corrected chi connectivity index (χ0v) is 8.68. The van der Waals surface area contributed by atoms with Crippen LogP contribution in [0, 0.1) is 17.8 Å². The van der Waals surface area contributed by atoms with E-state index in [1.807, 2.05) is 13.8 Å². The van der Waals surface area contributed by atoms with Gasteiger partial charge in [-0.2, -0.15) is 0 Å². The number of rotatable bonds is 4. The minimum Gasteiger partial charge on any atom is -0.366 e. The first kappa shape index (κ1) is 11.5. The molecular formula is C11H20O. The van der Waals surface area contributed by atoms with Crippen molar-refractivity contribution in [2.24, 2.45) is 5.92 Å². The summed E-state index contributed by atoms with van der Waals surface area (Å²) in [7, 11) is 0. The summed E-state index contributed by atoms with van der Waals surface area (Å²) in [5.41, 5.74) is 0. The van der Waals surface area contributed by atoms with Gasteiger partial charge < -0.3 is 4.74 Å². The second-order valence-electron chi connectivity index (χ2n) is 3.65. The highest BCUT2D eigenvalue weighted by Gasteiger charge is 1.90. The summed E-state index contributed by atoms with van der Waals surface area (Å²) in [5.74, 6) is 6.85. The molecule has 0 unspecified atom stereocenters. The second-order valence-corrected chi connectivity index (χ2v) is 3.65. The Morgan fingerprint density at radius 1 is 1.08 bits per heavy atom. The third-order valence-electron chi connectivity index (χ3n) is 1.46. The SMILES string of the molecule is CC(C)CCC#CCOC(C)C. The van der Waals surface area contributed by atoms with Crippen LogP contribution in [0.2, 0.25) is 0 Å². The molecule has 0 N–H and O–H groups in total. The molecule has 0 atom stereocenters. The largest absolute Gasteiger partial charge is 0.366 e. The van der Waals surface area contributed by atoms with E-state index in [4.69, 9.17) is 4.74 Å². The van der Waals surface area contributed by atoms with E-state index in [1.165, 1.54) is 6.42 Å². The first-order valence-electron chi connectivity index (χ1n) is 4.70. The van der Waals surface area contributed by atoms with Crippen molar-refractivity contribution in [1.82, 2.24) is 0 Å². The van der Waals surface area contributed by atoms with E-state index in [1.54, 1.807) is 0 Å². The van der Waals surface area contributed by atoms with Crippen molar-refractivity contribution in [1.29, 1.82) is 0 Å². The average molecular weight is 168 g/mol. The molecular weight excluding hydrogens is 148 g/mol. The van der Waals surface area contributed by atoms with Gasteiger partial charge in [-0.25, -0.2) is 0 Å². The van der Waals surface area contributed by atoms with Crippen LogP contribution < -0.4 is 0 Å². The Labute approximate surface area is 76.5 Å². The van der Waals surface area contributed by atoms with Crippen LogP contribution in [0.5, 0.6) is 0 Å². The molecule has 1 nitrogen and oxygen atoms in total. The van der Waals surface area contributed by atoms with Gasteiger partial charge in [-0.15, -0.1) is 5.92 Å². The number of hydrogen-bond donors (Lipinski definition) is 0. The van der Waals surface area contributed by atoms with Crippen LogP contribution in [0.1, 0.15) is 40.5 Å². The molecule has 0 saturated heterocycles. The second kappa shape index (κ2) is 7.18. The molecule has 1 heteroatoms. The Morgan fingerprint density at radius 2 is 1.75 bits per heavy atom. The molecule has 0 aromatic carbocycles. The van der Waals surface area contributed by atoms with Gasteiger partial charge in [0.05, 0.1) is 6.10 Å². The summed E-state index contributed by atoms with van der Waals surface area (Å²) in [6.07, 6.45) is 2.48. The maximum Gasteiger partial charge on any atom is 0.108 e. The zero-order chi connectivity index (χ0) is 9.40. The van der Waals surface area contributed by atoms with E-state index in [0.29, 0.717) is 12.7 Å². The highest BCUT2D eigenvalue weighted by atomic mass is 16.5. The lowest BCUT2D eigenvalue weighted by Crippen LogP contribution is -2.01. The predicted molar refractivity (Wildman–Crippen MR) is 52.9 cm³/mol. The maximum absolute atomic E-state index is 5.28. The van der Waals surface area contributed by atoms with Gasteiger partial charge in [0.25, 0.3) is 0 Å². The first-order valence-corrected chi connectivity index (χ1v) is 4.70. The van der Waals surface area contributed by atoms with Crippen LogP contribution in [0.3, 0.4) is 0 Å². The topological polar surface area (TPSA) is 9.23 Å². The first-order chi connectivity index (χ1) is 5.63. The molecule has 0 rings (SSSR count). The molecule has 0 fully saturated rings. The Balaban J connectivity index is 3.23. The molecule has 0 aliphatic heterocycles. The minimum atomic E-state index is 0.296. The monoisotopic (exact) mass is 168 g/mol. The molecule has 70 valence electrons. The Morgan fingerprint density at radius 3 is 2.25 bits per heavy atom. The van der Waals surface area contributed by atoms with Crippen molar-refractivity contribution in [2.75, 3.05) is 6.61 Å². The van der Waals surface area contributed by atoms with E-state index in [9.17, 15) is 0 Å². The molecule has 0 aliphatic carbocycles. The fraction of sp³-hybridized carbons (Fsp3) is 0.818. The molecule has 0 spiro atoms.